The molecule has 0 aromatic heterocycles. The Morgan fingerprint density at radius 3 is 2.52 bits per heavy atom. The lowest BCUT2D eigenvalue weighted by Gasteiger charge is -2.27. The third-order valence-corrected chi connectivity index (χ3v) is 4.68. The van der Waals surface area contributed by atoms with E-state index in [0.29, 0.717) is 4.91 Å². The van der Waals surface area contributed by atoms with E-state index in [9.17, 15) is 13.6 Å². The van der Waals surface area contributed by atoms with Crippen molar-refractivity contribution in [3.8, 4) is 5.75 Å². The smallest absolute Gasteiger partial charge is 0.387 e. The van der Waals surface area contributed by atoms with Gasteiger partial charge in [0, 0.05) is 13.1 Å². The minimum absolute atomic E-state index is 0.0952. The average molecular weight is 338 g/mol. The molecule has 4 nitrogen and oxygen atoms in total. The second kappa shape index (κ2) is 7.12. The van der Waals surface area contributed by atoms with Gasteiger partial charge in [-0.3, -0.25) is 4.79 Å². The van der Waals surface area contributed by atoms with E-state index >= 15 is 0 Å². The van der Waals surface area contributed by atoms with Crippen molar-refractivity contribution in [2.45, 2.75) is 25.9 Å². The van der Waals surface area contributed by atoms with Gasteiger partial charge < -0.3 is 9.64 Å². The maximum absolute atomic E-state index is 12.1. The number of aliphatic imine (C=N–C) groups is 1. The van der Waals surface area contributed by atoms with E-state index in [0.717, 1.165) is 36.7 Å². The highest BCUT2D eigenvalue weighted by atomic mass is 32.2. The number of thioether (sulfide) groups is 1. The van der Waals surface area contributed by atoms with E-state index in [4.69, 9.17) is 0 Å². The fourth-order valence-corrected chi connectivity index (χ4v) is 3.48. The van der Waals surface area contributed by atoms with Crippen LogP contribution in [-0.4, -0.2) is 35.7 Å². The van der Waals surface area contributed by atoms with Crippen molar-refractivity contribution in [3.63, 3.8) is 0 Å². The molecule has 0 radical (unpaired) electrons. The zero-order valence-electron chi connectivity index (χ0n) is 12.4. The summed E-state index contributed by atoms with van der Waals surface area (Å²) < 4.78 is 28.5. The van der Waals surface area contributed by atoms with Gasteiger partial charge in [0.15, 0.2) is 5.17 Å². The van der Waals surface area contributed by atoms with Gasteiger partial charge in [0.25, 0.3) is 5.91 Å². The number of ether oxygens (including phenoxy) is 1. The Morgan fingerprint density at radius 1 is 1.17 bits per heavy atom. The molecule has 0 saturated carbocycles. The van der Waals surface area contributed by atoms with E-state index in [1.807, 2.05) is 0 Å². The number of benzene rings is 1. The van der Waals surface area contributed by atoms with Gasteiger partial charge in [-0.15, -0.1) is 0 Å². The average Bonchev–Trinajstić information content (AvgIpc) is 2.91. The van der Waals surface area contributed by atoms with E-state index in [1.165, 1.54) is 30.3 Å². The SMILES string of the molecule is O=C1N=C(N2CCCCC2)SC1=Cc1ccc(OC(F)F)cc1. The van der Waals surface area contributed by atoms with Crippen LogP contribution in [0.25, 0.3) is 6.08 Å². The molecule has 0 unspecified atom stereocenters. The van der Waals surface area contributed by atoms with Crippen LogP contribution >= 0.6 is 11.8 Å². The summed E-state index contributed by atoms with van der Waals surface area (Å²) in [6, 6.07) is 6.18. The lowest BCUT2D eigenvalue weighted by atomic mass is 10.1. The molecule has 2 aliphatic heterocycles. The number of amides is 1. The molecule has 3 rings (SSSR count). The third-order valence-electron chi connectivity index (χ3n) is 3.64. The molecule has 23 heavy (non-hydrogen) atoms. The number of nitrogens with zero attached hydrogens (tertiary/aromatic N) is 2. The minimum Gasteiger partial charge on any atom is -0.435 e. The number of hydrogen-bond donors (Lipinski definition) is 0. The van der Waals surface area contributed by atoms with Crippen LogP contribution in [0.15, 0.2) is 34.2 Å². The Hall–Kier alpha value is -1.89. The predicted molar refractivity (Wildman–Crippen MR) is 86.5 cm³/mol. The first-order valence-electron chi connectivity index (χ1n) is 7.44. The quantitative estimate of drug-likeness (QED) is 0.787. The molecule has 2 heterocycles. The highest BCUT2D eigenvalue weighted by molar-refractivity contribution is 8.18. The molecule has 1 aromatic carbocycles. The Bertz CT molecular complexity index is 638. The van der Waals surface area contributed by atoms with Crippen molar-refractivity contribution in [3.05, 3.63) is 34.7 Å². The fraction of sp³-hybridized carbons (Fsp3) is 0.375. The zero-order valence-corrected chi connectivity index (χ0v) is 13.2. The number of carbonyl (C=O) groups is 1. The van der Waals surface area contributed by atoms with Crippen molar-refractivity contribution in [2.24, 2.45) is 4.99 Å². The molecule has 1 amide bonds. The third kappa shape index (κ3) is 4.10. The van der Waals surface area contributed by atoms with Crippen LogP contribution in [0.4, 0.5) is 8.78 Å². The highest BCUT2D eigenvalue weighted by Crippen LogP contribution is 2.31. The summed E-state index contributed by atoms with van der Waals surface area (Å²) in [7, 11) is 0. The Morgan fingerprint density at radius 2 is 1.87 bits per heavy atom. The van der Waals surface area contributed by atoms with Crippen molar-refractivity contribution in [2.75, 3.05) is 13.1 Å². The monoisotopic (exact) mass is 338 g/mol. The van der Waals surface area contributed by atoms with Crippen LogP contribution in [0.2, 0.25) is 0 Å². The van der Waals surface area contributed by atoms with Gasteiger partial charge in [-0.05, 0) is 54.8 Å². The van der Waals surface area contributed by atoms with Crippen molar-refractivity contribution in [1.82, 2.24) is 4.90 Å². The second-order valence-corrected chi connectivity index (χ2v) is 6.31. The summed E-state index contributed by atoms with van der Waals surface area (Å²) >= 11 is 1.37. The summed E-state index contributed by atoms with van der Waals surface area (Å²) in [6.45, 7) is -0.968. The molecule has 1 aromatic rings. The van der Waals surface area contributed by atoms with Gasteiger partial charge >= 0.3 is 6.61 Å². The van der Waals surface area contributed by atoms with Crippen LogP contribution in [0.1, 0.15) is 24.8 Å². The molecule has 7 heteroatoms. The molecule has 1 fully saturated rings. The zero-order chi connectivity index (χ0) is 16.2. The summed E-state index contributed by atoms with van der Waals surface area (Å²) in [4.78, 5) is 18.8. The van der Waals surface area contributed by atoms with E-state index in [-0.39, 0.29) is 11.7 Å². The molecule has 0 atom stereocenters. The number of likely N-dealkylation sites (tertiary alicyclic amines) is 1. The first kappa shape index (κ1) is 16.0. The van der Waals surface area contributed by atoms with E-state index in [1.54, 1.807) is 18.2 Å². The molecule has 0 bridgehead atoms. The normalized spacial score (nSPS) is 20.3. The summed E-state index contributed by atoms with van der Waals surface area (Å²) in [6.07, 6.45) is 5.19. The largest absolute Gasteiger partial charge is 0.435 e. The van der Waals surface area contributed by atoms with Crippen molar-refractivity contribution >= 4 is 28.9 Å². The van der Waals surface area contributed by atoms with Crippen LogP contribution in [0, 0.1) is 0 Å². The minimum atomic E-state index is -2.84. The molecule has 0 N–H and O–H groups in total. The maximum Gasteiger partial charge on any atom is 0.387 e. The summed E-state index contributed by atoms with van der Waals surface area (Å²) in [5.74, 6) is -0.152. The first-order chi connectivity index (χ1) is 11.1. The molecule has 0 aliphatic carbocycles. The fourth-order valence-electron chi connectivity index (χ4n) is 2.52. The van der Waals surface area contributed by atoms with Crippen LogP contribution < -0.4 is 4.74 Å². The second-order valence-electron chi connectivity index (χ2n) is 5.31. The standard InChI is InChI=1S/C16H16F2N2O2S/c17-15(18)22-12-6-4-11(5-7-12)10-13-14(21)19-16(23-13)20-8-2-1-3-9-20/h4-7,10,15H,1-3,8-9H2. The number of piperidine rings is 1. The summed E-state index contributed by atoms with van der Waals surface area (Å²) in [5, 5.41) is 0.763. The number of hydrogen-bond acceptors (Lipinski definition) is 4. The lowest BCUT2D eigenvalue weighted by Crippen LogP contribution is -2.33. The van der Waals surface area contributed by atoms with Crippen LogP contribution in [0.3, 0.4) is 0 Å². The van der Waals surface area contributed by atoms with Gasteiger partial charge in [0.2, 0.25) is 0 Å². The molecule has 2 aliphatic rings. The predicted octanol–water partition coefficient (Wildman–Crippen LogP) is 3.74. The van der Waals surface area contributed by atoms with E-state index in [2.05, 4.69) is 14.6 Å². The van der Waals surface area contributed by atoms with E-state index < -0.39 is 6.61 Å². The van der Waals surface area contributed by atoms with Gasteiger partial charge in [-0.1, -0.05) is 12.1 Å². The van der Waals surface area contributed by atoms with Gasteiger partial charge in [-0.2, -0.15) is 13.8 Å². The topological polar surface area (TPSA) is 41.9 Å². The van der Waals surface area contributed by atoms with Crippen LogP contribution in [-0.2, 0) is 4.79 Å². The highest BCUT2D eigenvalue weighted by Gasteiger charge is 2.26. The Kier molecular flexibility index (Phi) is 4.95. The maximum atomic E-state index is 12.1. The number of halogens is 2. The van der Waals surface area contributed by atoms with Gasteiger partial charge in [-0.25, -0.2) is 0 Å². The molecule has 1 saturated heterocycles. The molecule has 122 valence electrons. The van der Waals surface area contributed by atoms with Crippen molar-refractivity contribution < 1.29 is 18.3 Å². The lowest BCUT2D eigenvalue weighted by molar-refractivity contribution is -0.113. The Balaban J connectivity index is 1.67. The Labute approximate surface area is 137 Å². The molecular formula is C16H16F2N2O2S. The van der Waals surface area contributed by atoms with Gasteiger partial charge in [0.05, 0.1) is 4.91 Å². The molecule has 0 spiro atoms. The first-order valence-corrected chi connectivity index (χ1v) is 8.26. The van der Waals surface area contributed by atoms with Crippen molar-refractivity contribution in [1.29, 1.82) is 0 Å². The summed E-state index contributed by atoms with van der Waals surface area (Å²) in [5.41, 5.74) is 0.748. The number of rotatable bonds is 3. The number of alkyl halides is 2. The van der Waals surface area contributed by atoms with Crippen LogP contribution in [0.5, 0.6) is 5.75 Å². The molecular weight excluding hydrogens is 322 g/mol. The number of amidine groups is 1. The van der Waals surface area contributed by atoms with Gasteiger partial charge in [0.1, 0.15) is 5.75 Å². The number of carbonyl (C=O) groups excluding carboxylic acids is 1.